The van der Waals surface area contributed by atoms with Crippen LogP contribution < -0.4 is 0 Å². The van der Waals surface area contributed by atoms with Crippen LogP contribution in [0.2, 0.25) is 5.02 Å². The number of aromatic nitrogens is 1. The Labute approximate surface area is 126 Å². The summed E-state index contributed by atoms with van der Waals surface area (Å²) in [7, 11) is 0. The zero-order chi connectivity index (χ0) is 14.8. The second-order valence-electron chi connectivity index (χ2n) is 4.69. The van der Waals surface area contributed by atoms with Crippen LogP contribution in [0.4, 0.5) is 5.69 Å². The number of pyridine rings is 1. The minimum atomic E-state index is -0.515. The second-order valence-corrected chi connectivity index (χ2v) is 5.07. The van der Waals surface area contributed by atoms with E-state index in [9.17, 15) is 10.1 Å². The van der Waals surface area contributed by atoms with E-state index in [2.05, 4.69) is 4.98 Å². The van der Waals surface area contributed by atoms with Crippen molar-refractivity contribution in [1.29, 1.82) is 0 Å². The summed E-state index contributed by atoms with van der Waals surface area (Å²) in [6, 6.07) is 15.6. The lowest BCUT2D eigenvalue weighted by molar-refractivity contribution is -0.384. The van der Waals surface area contributed by atoms with Crippen LogP contribution >= 0.6 is 11.6 Å². The minimum Gasteiger partial charge on any atom is -0.258 e. The number of fused-ring (bicyclic) bond motifs is 1. The van der Waals surface area contributed by atoms with Gasteiger partial charge in [0.25, 0.3) is 0 Å². The van der Waals surface area contributed by atoms with Gasteiger partial charge in [-0.3, -0.25) is 10.1 Å². The molecule has 104 valence electrons. The third kappa shape index (κ3) is 2.58. The summed E-state index contributed by atoms with van der Waals surface area (Å²) in [5, 5.41) is 11.7. The maximum Gasteiger partial charge on any atom is 0.306 e. The SMILES string of the molecule is O=[N+]([O-])c1cnc2c(Cc3ccccc3)cccc2c1Cl. The molecule has 21 heavy (non-hydrogen) atoms. The van der Waals surface area contributed by atoms with Gasteiger partial charge >= 0.3 is 5.69 Å². The summed E-state index contributed by atoms with van der Waals surface area (Å²) in [4.78, 5) is 14.6. The van der Waals surface area contributed by atoms with Gasteiger partial charge in [0, 0.05) is 5.39 Å². The van der Waals surface area contributed by atoms with Gasteiger partial charge in [-0.05, 0) is 17.5 Å². The fraction of sp³-hybridized carbons (Fsp3) is 0.0625. The zero-order valence-electron chi connectivity index (χ0n) is 11.0. The lowest BCUT2D eigenvalue weighted by Crippen LogP contribution is -1.95. The van der Waals surface area contributed by atoms with Crippen LogP contribution in [-0.2, 0) is 6.42 Å². The van der Waals surface area contributed by atoms with Crippen molar-refractivity contribution in [1.82, 2.24) is 4.98 Å². The number of hydrogen-bond acceptors (Lipinski definition) is 3. The Hall–Kier alpha value is -2.46. The molecule has 0 N–H and O–H groups in total. The van der Waals surface area contributed by atoms with Crippen molar-refractivity contribution >= 4 is 28.2 Å². The van der Waals surface area contributed by atoms with Gasteiger partial charge in [-0.1, -0.05) is 60.1 Å². The predicted molar refractivity (Wildman–Crippen MR) is 82.7 cm³/mol. The van der Waals surface area contributed by atoms with Crippen LogP contribution in [0, 0.1) is 10.1 Å². The van der Waals surface area contributed by atoms with Gasteiger partial charge < -0.3 is 0 Å². The van der Waals surface area contributed by atoms with E-state index < -0.39 is 4.92 Å². The number of para-hydroxylation sites is 1. The molecular formula is C16H11ClN2O2. The molecule has 0 unspecified atom stereocenters. The molecule has 3 rings (SSSR count). The van der Waals surface area contributed by atoms with Crippen LogP contribution in [0.5, 0.6) is 0 Å². The van der Waals surface area contributed by atoms with Crippen molar-refractivity contribution in [2.24, 2.45) is 0 Å². The Morgan fingerprint density at radius 3 is 2.57 bits per heavy atom. The minimum absolute atomic E-state index is 0.139. The standard InChI is InChI=1S/C16H11ClN2O2/c17-15-13-8-4-7-12(9-11-5-2-1-3-6-11)16(13)18-10-14(15)19(20)21/h1-8,10H,9H2. The van der Waals surface area contributed by atoms with Gasteiger partial charge in [0.05, 0.1) is 10.4 Å². The maximum absolute atomic E-state index is 10.9. The lowest BCUT2D eigenvalue weighted by atomic mass is 10.0. The van der Waals surface area contributed by atoms with Crippen molar-refractivity contribution < 1.29 is 4.92 Å². The Kier molecular flexibility index (Phi) is 3.54. The molecule has 0 saturated carbocycles. The van der Waals surface area contributed by atoms with Gasteiger partial charge in [0.15, 0.2) is 0 Å². The summed E-state index contributed by atoms with van der Waals surface area (Å²) in [5.41, 5.74) is 2.69. The summed E-state index contributed by atoms with van der Waals surface area (Å²) >= 11 is 6.13. The molecule has 0 aliphatic rings. The third-order valence-corrected chi connectivity index (χ3v) is 3.73. The predicted octanol–water partition coefficient (Wildman–Crippen LogP) is 4.39. The van der Waals surface area contributed by atoms with Crippen molar-refractivity contribution in [3.8, 4) is 0 Å². The highest BCUT2D eigenvalue weighted by atomic mass is 35.5. The number of rotatable bonds is 3. The molecule has 0 saturated heterocycles. The highest BCUT2D eigenvalue weighted by Crippen LogP contribution is 2.32. The molecule has 0 fully saturated rings. The smallest absolute Gasteiger partial charge is 0.258 e. The summed E-state index contributed by atoms with van der Waals surface area (Å²) in [6.45, 7) is 0. The molecule has 2 aromatic carbocycles. The van der Waals surface area contributed by atoms with Crippen molar-refractivity contribution in [2.75, 3.05) is 0 Å². The highest BCUT2D eigenvalue weighted by Gasteiger charge is 2.17. The van der Waals surface area contributed by atoms with E-state index in [4.69, 9.17) is 11.6 Å². The Morgan fingerprint density at radius 2 is 1.86 bits per heavy atom. The fourth-order valence-electron chi connectivity index (χ4n) is 2.33. The second kappa shape index (κ2) is 5.50. The van der Waals surface area contributed by atoms with Crippen LogP contribution in [0.1, 0.15) is 11.1 Å². The number of benzene rings is 2. The van der Waals surface area contributed by atoms with E-state index in [1.165, 1.54) is 6.20 Å². The van der Waals surface area contributed by atoms with Crippen LogP contribution in [-0.4, -0.2) is 9.91 Å². The van der Waals surface area contributed by atoms with Crippen LogP contribution in [0.25, 0.3) is 10.9 Å². The molecule has 0 radical (unpaired) electrons. The molecule has 1 heterocycles. The van der Waals surface area contributed by atoms with Crippen molar-refractivity contribution in [2.45, 2.75) is 6.42 Å². The average molecular weight is 299 g/mol. The van der Waals surface area contributed by atoms with Gasteiger partial charge in [0.1, 0.15) is 11.2 Å². The lowest BCUT2D eigenvalue weighted by Gasteiger charge is -2.07. The van der Waals surface area contributed by atoms with Gasteiger partial charge in [-0.15, -0.1) is 0 Å². The van der Waals surface area contributed by atoms with Crippen molar-refractivity contribution in [3.63, 3.8) is 0 Å². The van der Waals surface area contributed by atoms with Gasteiger partial charge in [-0.2, -0.15) is 0 Å². The van der Waals surface area contributed by atoms with E-state index in [-0.39, 0.29) is 10.7 Å². The van der Waals surface area contributed by atoms with Gasteiger partial charge in [-0.25, -0.2) is 4.98 Å². The molecule has 0 aliphatic heterocycles. The summed E-state index contributed by atoms with van der Waals surface area (Å²) < 4.78 is 0. The highest BCUT2D eigenvalue weighted by molar-refractivity contribution is 6.37. The Morgan fingerprint density at radius 1 is 1.10 bits per heavy atom. The number of nitrogens with zero attached hydrogens (tertiary/aromatic N) is 2. The van der Waals surface area contributed by atoms with E-state index in [0.717, 1.165) is 11.1 Å². The largest absolute Gasteiger partial charge is 0.306 e. The van der Waals surface area contributed by atoms with Crippen molar-refractivity contribution in [3.05, 3.63) is 81.0 Å². The number of hydrogen-bond donors (Lipinski definition) is 0. The van der Waals surface area contributed by atoms with E-state index in [1.807, 2.05) is 42.5 Å². The fourth-order valence-corrected chi connectivity index (χ4v) is 2.60. The number of halogens is 1. The van der Waals surface area contributed by atoms with Gasteiger partial charge in [0.2, 0.25) is 0 Å². The first-order chi connectivity index (χ1) is 10.2. The van der Waals surface area contributed by atoms with E-state index >= 15 is 0 Å². The van der Waals surface area contributed by atoms with Crippen LogP contribution in [0.3, 0.4) is 0 Å². The average Bonchev–Trinajstić information content (AvgIpc) is 2.49. The summed E-state index contributed by atoms with van der Waals surface area (Å²) in [5.74, 6) is 0. The number of nitro groups is 1. The molecule has 0 bridgehead atoms. The Balaban J connectivity index is 2.13. The van der Waals surface area contributed by atoms with E-state index in [1.54, 1.807) is 6.07 Å². The molecule has 1 aromatic heterocycles. The van der Waals surface area contributed by atoms with E-state index in [0.29, 0.717) is 17.3 Å². The quantitative estimate of drug-likeness (QED) is 0.532. The topological polar surface area (TPSA) is 56.0 Å². The molecular weight excluding hydrogens is 288 g/mol. The molecule has 0 amide bonds. The third-order valence-electron chi connectivity index (χ3n) is 3.33. The first-order valence-electron chi connectivity index (χ1n) is 6.41. The monoisotopic (exact) mass is 298 g/mol. The Bertz CT molecular complexity index is 819. The van der Waals surface area contributed by atoms with Crippen LogP contribution in [0.15, 0.2) is 54.7 Å². The summed E-state index contributed by atoms with van der Waals surface area (Å²) in [6.07, 6.45) is 1.93. The molecule has 5 heteroatoms. The maximum atomic E-state index is 10.9. The molecule has 4 nitrogen and oxygen atoms in total. The first-order valence-corrected chi connectivity index (χ1v) is 6.79. The zero-order valence-corrected chi connectivity index (χ0v) is 11.7. The molecule has 0 aliphatic carbocycles. The first kappa shape index (κ1) is 13.5. The molecule has 0 atom stereocenters. The molecule has 0 spiro atoms. The molecule has 3 aromatic rings. The normalized spacial score (nSPS) is 10.7.